The summed E-state index contributed by atoms with van der Waals surface area (Å²) in [7, 11) is 0. The van der Waals surface area contributed by atoms with E-state index in [4.69, 9.17) is 0 Å². The summed E-state index contributed by atoms with van der Waals surface area (Å²) in [6.45, 7) is 4.18. The fourth-order valence-electron chi connectivity index (χ4n) is 0.964. The van der Waals surface area contributed by atoms with E-state index >= 15 is 0 Å². The van der Waals surface area contributed by atoms with Crippen LogP contribution in [0.25, 0.3) is 0 Å². The number of halogens is 1. The van der Waals surface area contributed by atoms with Crippen LogP contribution in [0.3, 0.4) is 0 Å². The Hall–Kier alpha value is -0.830. The van der Waals surface area contributed by atoms with Crippen LogP contribution in [0.1, 0.15) is 24.2 Å². The van der Waals surface area contributed by atoms with Gasteiger partial charge >= 0.3 is 0 Å². The highest BCUT2D eigenvalue weighted by Crippen LogP contribution is 2.24. The van der Waals surface area contributed by atoms with Gasteiger partial charge in [0.25, 0.3) is 0 Å². The molecule has 0 saturated heterocycles. The van der Waals surface area contributed by atoms with E-state index in [-0.39, 0.29) is 5.82 Å². The monoisotopic (exact) mass is 212 g/mol. The molecule has 1 rings (SSSR count). The third-order valence-electron chi connectivity index (χ3n) is 1.66. The molecule has 0 aliphatic rings. The molecular weight excluding hydrogens is 199 g/mol. The van der Waals surface area contributed by atoms with Crippen molar-refractivity contribution in [3.63, 3.8) is 0 Å². The Kier molecular flexibility index (Phi) is 4.14. The zero-order valence-electron chi connectivity index (χ0n) is 8.29. The summed E-state index contributed by atoms with van der Waals surface area (Å²) in [4.78, 5) is 11.0. The molecule has 0 heterocycles. The summed E-state index contributed by atoms with van der Waals surface area (Å²) in [6.07, 6.45) is 0.653. The van der Waals surface area contributed by atoms with Crippen molar-refractivity contribution in [1.29, 1.82) is 0 Å². The van der Waals surface area contributed by atoms with E-state index in [9.17, 15) is 9.18 Å². The molecule has 0 aliphatic carbocycles. The lowest BCUT2D eigenvalue weighted by Gasteiger charge is -2.05. The SMILES string of the molecule is CC(C)CSc1ccc(C=O)cc1F. The van der Waals surface area contributed by atoms with E-state index in [1.54, 1.807) is 12.1 Å². The highest BCUT2D eigenvalue weighted by atomic mass is 32.2. The van der Waals surface area contributed by atoms with Gasteiger partial charge in [0, 0.05) is 16.2 Å². The molecular formula is C11H13FOS. The van der Waals surface area contributed by atoms with E-state index in [1.165, 1.54) is 17.8 Å². The zero-order valence-corrected chi connectivity index (χ0v) is 9.10. The molecule has 0 amide bonds. The molecule has 0 aromatic heterocycles. The van der Waals surface area contributed by atoms with Crippen molar-refractivity contribution in [3.05, 3.63) is 29.6 Å². The standard InChI is InChI=1S/C11H13FOS/c1-8(2)7-14-11-4-3-9(6-13)5-10(11)12/h3-6,8H,7H2,1-2H3. The molecule has 0 N–H and O–H groups in total. The lowest BCUT2D eigenvalue weighted by Crippen LogP contribution is -1.92. The molecule has 1 aromatic carbocycles. The van der Waals surface area contributed by atoms with Crippen molar-refractivity contribution in [3.8, 4) is 0 Å². The third-order valence-corrected chi connectivity index (χ3v) is 3.14. The molecule has 76 valence electrons. The number of carbonyl (C=O) groups excluding carboxylic acids is 1. The smallest absolute Gasteiger partial charge is 0.150 e. The quantitative estimate of drug-likeness (QED) is 0.562. The Morgan fingerprint density at radius 1 is 1.50 bits per heavy atom. The number of rotatable bonds is 4. The van der Waals surface area contributed by atoms with Gasteiger partial charge in [0.1, 0.15) is 12.1 Å². The van der Waals surface area contributed by atoms with Crippen LogP contribution in [0.15, 0.2) is 23.1 Å². The molecule has 0 saturated carbocycles. The highest BCUT2D eigenvalue weighted by Gasteiger charge is 2.04. The molecule has 0 fully saturated rings. The fraction of sp³-hybridized carbons (Fsp3) is 0.364. The van der Waals surface area contributed by atoms with Crippen LogP contribution in [0.2, 0.25) is 0 Å². The predicted octanol–water partition coefficient (Wildman–Crippen LogP) is 3.39. The summed E-state index contributed by atoms with van der Waals surface area (Å²) >= 11 is 1.48. The number of hydrogen-bond donors (Lipinski definition) is 0. The highest BCUT2D eigenvalue weighted by molar-refractivity contribution is 7.99. The Morgan fingerprint density at radius 3 is 2.71 bits per heavy atom. The Balaban J connectivity index is 2.73. The molecule has 0 atom stereocenters. The number of carbonyl (C=O) groups is 1. The first-order chi connectivity index (χ1) is 6.63. The number of benzene rings is 1. The molecule has 0 unspecified atom stereocenters. The second-order valence-corrected chi connectivity index (χ2v) is 4.57. The molecule has 0 radical (unpaired) electrons. The first-order valence-corrected chi connectivity index (χ1v) is 5.49. The van der Waals surface area contributed by atoms with Gasteiger partial charge in [-0.05, 0) is 18.1 Å². The maximum atomic E-state index is 13.3. The number of thioether (sulfide) groups is 1. The van der Waals surface area contributed by atoms with Crippen molar-refractivity contribution in [2.45, 2.75) is 18.7 Å². The third kappa shape index (κ3) is 3.14. The first kappa shape index (κ1) is 11.2. The van der Waals surface area contributed by atoms with E-state index < -0.39 is 0 Å². The largest absolute Gasteiger partial charge is 0.298 e. The van der Waals surface area contributed by atoms with Crippen LogP contribution < -0.4 is 0 Å². The van der Waals surface area contributed by atoms with E-state index in [2.05, 4.69) is 13.8 Å². The lowest BCUT2D eigenvalue weighted by molar-refractivity contribution is 0.112. The van der Waals surface area contributed by atoms with E-state index in [0.29, 0.717) is 22.7 Å². The van der Waals surface area contributed by atoms with Gasteiger partial charge in [0.05, 0.1) is 0 Å². The lowest BCUT2D eigenvalue weighted by atomic mass is 10.2. The minimum absolute atomic E-state index is 0.305. The molecule has 3 heteroatoms. The molecule has 14 heavy (non-hydrogen) atoms. The second kappa shape index (κ2) is 5.15. The van der Waals surface area contributed by atoms with Gasteiger partial charge in [-0.15, -0.1) is 11.8 Å². The van der Waals surface area contributed by atoms with Crippen LogP contribution in [0.5, 0.6) is 0 Å². The summed E-state index contributed by atoms with van der Waals surface area (Å²) in [5.74, 6) is 1.11. The first-order valence-electron chi connectivity index (χ1n) is 4.51. The van der Waals surface area contributed by atoms with Crippen LogP contribution in [-0.4, -0.2) is 12.0 Å². The minimum atomic E-state index is -0.305. The topological polar surface area (TPSA) is 17.1 Å². The van der Waals surface area contributed by atoms with E-state index in [1.807, 2.05) is 0 Å². The fourth-order valence-corrected chi connectivity index (χ4v) is 1.84. The summed E-state index contributed by atoms with van der Waals surface area (Å²) in [6, 6.07) is 4.57. The van der Waals surface area contributed by atoms with Crippen molar-refractivity contribution in [2.75, 3.05) is 5.75 Å². The van der Waals surface area contributed by atoms with Gasteiger partial charge in [0.15, 0.2) is 0 Å². The summed E-state index contributed by atoms with van der Waals surface area (Å²) in [5, 5.41) is 0. The average molecular weight is 212 g/mol. The van der Waals surface area contributed by atoms with Gasteiger partial charge in [-0.3, -0.25) is 4.79 Å². The van der Waals surface area contributed by atoms with Crippen molar-refractivity contribution >= 4 is 18.0 Å². The van der Waals surface area contributed by atoms with Crippen molar-refractivity contribution < 1.29 is 9.18 Å². The van der Waals surface area contributed by atoms with E-state index in [0.717, 1.165) is 5.75 Å². The van der Waals surface area contributed by atoms with Crippen molar-refractivity contribution in [1.82, 2.24) is 0 Å². The Labute approximate surface area is 87.7 Å². The molecule has 1 aromatic rings. The van der Waals surface area contributed by atoms with Gasteiger partial charge in [0.2, 0.25) is 0 Å². The maximum Gasteiger partial charge on any atom is 0.150 e. The minimum Gasteiger partial charge on any atom is -0.298 e. The van der Waals surface area contributed by atoms with Gasteiger partial charge in [-0.1, -0.05) is 19.9 Å². The van der Waals surface area contributed by atoms with Crippen LogP contribution in [0, 0.1) is 11.7 Å². The van der Waals surface area contributed by atoms with Gasteiger partial charge in [-0.2, -0.15) is 0 Å². The molecule has 0 aliphatic heterocycles. The van der Waals surface area contributed by atoms with Crippen LogP contribution in [0.4, 0.5) is 4.39 Å². The summed E-state index contributed by atoms with van der Waals surface area (Å²) in [5.41, 5.74) is 0.386. The second-order valence-electron chi connectivity index (χ2n) is 3.51. The molecule has 0 bridgehead atoms. The Morgan fingerprint density at radius 2 is 2.21 bits per heavy atom. The van der Waals surface area contributed by atoms with Crippen LogP contribution in [-0.2, 0) is 0 Å². The van der Waals surface area contributed by atoms with Crippen molar-refractivity contribution in [2.24, 2.45) is 5.92 Å². The normalized spacial score (nSPS) is 10.6. The average Bonchev–Trinajstić information content (AvgIpc) is 2.15. The predicted molar refractivity (Wildman–Crippen MR) is 57.3 cm³/mol. The van der Waals surface area contributed by atoms with Crippen LogP contribution >= 0.6 is 11.8 Å². The Bertz CT molecular complexity index is 323. The van der Waals surface area contributed by atoms with Gasteiger partial charge < -0.3 is 0 Å². The number of aldehydes is 1. The zero-order chi connectivity index (χ0) is 10.6. The molecule has 1 nitrogen and oxygen atoms in total. The number of hydrogen-bond acceptors (Lipinski definition) is 2. The van der Waals surface area contributed by atoms with Gasteiger partial charge in [-0.25, -0.2) is 4.39 Å². The molecule has 0 spiro atoms. The summed E-state index contributed by atoms with van der Waals surface area (Å²) < 4.78 is 13.3. The maximum absolute atomic E-state index is 13.3.